The van der Waals surface area contributed by atoms with Crippen LogP contribution in [0.15, 0.2) is 33.0 Å². The molecule has 0 aliphatic carbocycles. The summed E-state index contributed by atoms with van der Waals surface area (Å²) in [5, 5.41) is 9.76. The first-order valence-electron chi connectivity index (χ1n) is 11.2. The maximum atomic E-state index is 12.1. The van der Waals surface area contributed by atoms with E-state index in [1.54, 1.807) is 0 Å². The lowest BCUT2D eigenvalue weighted by molar-refractivity contribution is -0.114. The molecule has 1 amide bonds. The molecule has 31 heavy (non-hydrogen) atoms. The van der Waals surface area contributed by atoms with Crippen LogP contribution in [-0.2, 0) is 14.8 Å². The van der Waals surface area contributed by atoms with Gasteiger partial charge in [-0.2, -0.15) is 12.8 Å². The Morgan fingerprint density at radius 2 is 1.55 bits per heavy atom. The summed E-state index contributed by atoms with van der Waals surface area (Å²) < 4.78 is 27.6. The highest BCUT2D eigenvalue weighted by atomic mass is 32.2. The van der Waals surface area contributed by atoms with Crippen LogP contribution in [0.1, 0.15) is 90.9 Å². The Bertz CT molecular complexity index is 814. The molecule has 174 valence electrons. The van der Waals surface area contributed by atoms with E-state index in [4.69, 9.17) is 0 Å². The van der Waals surface area contributed by atoms with Gasteiger partial charge in [-0.3, -0.25) is 4.79 Å². The number of hydrogen-bond donors (Lipinski definition) is 1. The Balaban J connectivity index is 2.06. The molecule has 9 heteroatoms. The van der Waals surface area contributed by atoms with Gasteiger partial charge in [-0.1, -0.05) is 74.7 Å². The molecular formula is C22H36N4O3S2. The number of carbonyl (C=O) groups excluding carboxylic acids is 1. The second-order valence-electron chi connectivity index (χ2n) is 7.34. The number of amides is 1. The number of anilines is 1. The lowest BCUT2D eigenvalue weighted by Gasteiger charge is -1.98. The molecule has 1 heterocycles. The molecular weight excluding hydrogens is 432 g/mol. The van der Waals surface area contributed by atoms with Gasteiger partial charge in [0, 0.05) is 13.1 Å². The van der Waals surface area contributed by atoms with Crippen molar-refractivity contribution in [2.45, 2.75) is 95.2 Å². The van der Waals surface area contributed by atoms with E-state index in [2.05, 4.69) is 51.1 Å². The van der Waals surface area contributed by atoms with E-state index in [9.17, 15) is 13.2 Å². The fraction of sp³-hybridized carbons (Fsp3) is 0.636. The van der Waals surface area contributed by atoms with Gasteiger partial charge in [-0.15, -0.1) is 10.2 Å². The maximum Gasteiger partial charge on any atom is 0.311 e. The van der Waals surface area contributed by atoms with Gasteiger partial charge in [0.1, 0.15) is 0 Å². The molecule has 0 saturated heterocycles. The number of aromatic nitrogens is 2. The van der Waals surface area contributed by atoms with E-state index >= 15 is 0 Å². The Hall–Kier alpha value is -1.87. The largest absolute Gasteiger partial charge is 0.311 e. The van der Waals surface area contributed by atoms with Gasteiger partial charge < -0.3 is 5.32 Å². The maximum absolute atomic E-state index is 12.1. The van der Waals surface area contributed by atoms with Crippen molar-refractivity contribution in [1.29, 1.82) is 0 Å². The zero-order valence-electron chi connectivity index (χ0n) is 18.8. The highest BCUT2D eigenvalue weighted by Gasteiger charge is 2.18. The van der Waals surface area contributed by atoms with Crippen LogP contribution in [0.2, 0.25) is 0 Å². The first-order valence-corrected chi connectivity index (χ1v) is 13.4. The van der Waals surface area contributed by atoms with E-state index in [0.29, 0.717) is 6.42 Å². The van der Waals surface area contributed by atoms with Crippen LogP contribution >= 0.6 is 11.3 Å². The summed E-state index contributed by atoms with van der Waals surface area (Å²) >= 11 is 0.792. The van der Waals surface area contributed by atoms with Crippen molar-refractivity contribution in [1.82, 2.24) is 10.2 Å². The summed E-state index contributed by atoms with van der Waals surface area (Å²) in [6.45, 7) is 3.54. The summed E-state index contributed by atoms with van der Waals surface area (Å²) in [5.74, 6) is -0.329. The first kappa shape index (κ1) is 27.2. The third kappa shape index (κ3) is 13.9. The molecule has 1 aromatic rings. The van der Waals surface area contributed by atoms with Gasteiger partial charge in [0.05, 0.1) is 0 Å². The summed E-state index contributed by atoms with van der Waals surface area (Å²) in [6.07, 6.45) is 23.8. The average Bonchev–Trinajstić information content (AvgIpc) is 3.19. The number of nitrogens with zero attached hydrogens (tertiary/aromatic N) is 3. The highest BCUT2D eigenvalue weighted by Crippen LogP contribution is 2.21. The molecule has 0 bridgehead atoms. The van der Waals surface area contributed by atoms with E-state index < -0.39 is 10.0 Å². The highest BCUT2D eigenvalue weighted by molar-refractivity contribution is 7.92. The van der Waals surface area contributed by atoms with Crippen LogP contribution in [0.5, 0.6) is 0 Å². The average molecular weight is 469 g/mol. The lowest BCUT2D eigenvalue weighted by Crippen LogP contribution is -2.04. The summed E-state index contributed by atoms with van der Waals surface area (Å²) in [6, 6.07) is 0. The topological polar surface area (TPSA) is 101 Å². The molecule has 0 aromatic carbocycles. The fourth-order valence-corrected chi connectivity index (χ4v) is 4.60. The number of sulfonamides is 1. The smallest absolute Gasteiger partial charge is 0.301 e. The third-order valence-corrected chi connectivity index (χ3v) is 6.87. The minimum absolute atomic E-state index is 0.148. The van der Waals surface area contributed by atoms with E-state index in [0.717, 1.165) is 43.4 Å². The third-order valence-electron chi connectivity index (χ3n) is 4.41. The Morgan fingerprint density at radius 1 is 0.935 bits per heavy atom. The lowest BCUT2D eigenvalue weighted by atomic mass is 10.1. The summed E-state index contributed by atoms with van der Waals surface area (Å²) in [5.41, 5.74) is 0. The van der Waals surface area contributed by atoms with E-state index in [-0.39, 0.29) is 15.4 Å². The molecule has 0 unspecified atom stereocenters. The standard InChI is InChI=1S/C22H36N4O3S2/c1-3-4-5-6-7-8-9-10-11-12-13-14-15-16-17-18-19-23-31(28,29)22-26-25-21(30-22)24-20(2)27/h7-8,10-11,19H,3-6,9,12-18H2,1-2H3,(H,24,25,27)/b8-7-,11-10-,23-19+. The molecule has 0 aliphatic heterocycles. The predicted molar refractivity (Wildman–Crippen MR) is 129 cm³/mol. The second kappa shape index (κ2) is 16.8. The summed E-state index contributed by atoms with van der Waals surface area (Å²) in [7, 11) is -3.85. The number of allylic oxidation sites excluding steroid dienone is 4. The molecule has 0 aliphatic rings. The minimum Gasteiger partial charge on any atom is -0.301 e. The van der Waals surface area contributed by atoms with Crippen molar-refractivity contribution in [3.8, 4) is 0 Å². The van der Waals surface area contributed by atoms with Gasteiger partial charge in [-0.25, -0.2) is 0 Å². The normalized spacial score (nSPS) is 12.5. The molecule has 1 rings (SSSR count). The predicted octanol–water partition coefficient (Wildman–Crippen LogP) is 6.07. The molecule has 0 saturated carbocycles. The Labute approximate surface area is 191 Å². The van der Waals surface area contributed by atoms with Gasteiger partial charge in [0.25, 0.3) is 4.34 Å². The van der Waals surface area contributed by atoms with Crippen molar-refractivity contribution in [3.05, 3.63) is 24.3 Å². The van der Waals surface area contributed by atoms with Gasteiger partial charge in [0.2, 0.25) is 11.0 Å². The van der Waals surface area contributed by atoms with Crippen molar-refractivity contribution >= 4 is 38.6 Å². The number of nitrogens with one attached hydrogen (secondary N) is 1. The van der Waals surface area contributed by atoms with Gasteiger partial charge in [-0.05, 0) is 44.9 Å². The summed E-state index contributed by atoms with van der Waals surface area (Å²) in [4.78, 5) is 11.0. The minimum atomic E-state index is -3.85. The number of rotatable bonds is 17. The first-order chi connectivity index (χ1) is 15.0. The number of carbonyl (C=O) groups is 1. The zero-order valence-corrected chi connectivity index (χ0v) is 20.4. The van der Waals surface area contributed by atoms with Crippen LogP contribution in [-0.4, -0.2) is 30.7 Å². The molecule has 1 N–H and O–H groups in total. The van der Waals surface area contributed by atoms with Crippen LogP contribution in [0, 0.1) is 0 Å². The molecule has 0 spiro atoms. The molecule has 0 radical (unpaired) electrons. The van der Waals surface area contributed by atoms with Crippen LogP contribution in [0.3, 0.4) is 0 Å². The van der Waals surface area contributed by atoms with Gasteiger partial charge in [0.15, 0.2) is 0 Å². The van der Waals surface area contributed by atoms with Crippen LogP contribution < -0.4 is 5.32 Å². The van der Waals surface area contributed by atoms with Crippen molar-refractivity contribution in [2.24, 2.45) is 4.40 Å². The molecule has 1 aromatic heterocycles. The number of hydrogen-bond acceptors (Lipinski definition) is 6. The SMILES string of the molecule is CCCCC/C=C\C/C=C\CCCCCCC/C=N/S(=O)(=O)c1nnc(NC(C)=O)s1. The van der Waals surface area contributed by atoms with Crippen LogP contribution in [0.25, 0.3) is 0 Å². The molecule has 0 fully saturated rings. The quantitative estimate of drug-likeness (QED) is 0.129. The fourth-order valence-electron chi connectivity index (χ4n) is 2.76. The number of unbranched alkanes of at least 4 members (excludes halogenated alkanes) is 9. The van der Waals surface area contributed by atoms with Gasteiger partial charge >= 0.3 is 10.0 Å². The van der Waals surface area contributed by atoms with E-state index in [1.807, 2.05) is 0 Å². The van der Waals surface area contributed by atoms with Crippen LogP contribution in [0.4, 0.5) is 5.13 Å². The Morgan fingerprint density at radius 3 is 2.19 bits per heavy atom. The Kier molecular flexibility index (Phi) is 14.7. The van der Waals surface area contributed by atoms with Crippen molar-refractivity contribution in [2.75, 3.05) is 5.32 Å². The van der Waals surface area contributed by atoms with Crippen molar-refractivity contribution < 1.29 is 13.2 Å². The molecule has 0 atom stereocenters. The molecule has 7 nitrogen and oxygen atoms in total. The monoisotopic (exact) mass is 468 g/mol. The van der Waals surface area contributed by atoms with E-state index in [1.165, 1.54) is 51.7 Å². The zero-order chi connectivity index (χ0) is 22.8. The second-order valence-corrected chi connectivity index (χ2v) is 10.1. The van der Waals surface area contributed by atoms with Crippen molar-refractivity contribution in [3.63, 3.8) is 0 Å².